The van der Waals surface area contributed by atoms with E-state index < -0.39 is 0 Å². The number of guanidine groups is 1. The SMILES string of the molecule is CCNC(=NCCn1ccnc1)N1CCCC2(CNC(=O)C2)C1.I. The van der Waals surface area contributed by atoms with Crippen LogP contribution >= 0.6 is 24.0 Å². The van der Waals surface area contributed by atoms with E-state index >= 15 is 0 Å². The standard InChI is InChI=1S/C16H26N6O.HI/c1-2-18-15(19-6-9-21-8-5-17-13-21)22-7-3-4-16(12-22)10-14(23)20-11-16;/h5,8,13H,2-4,6-7,9-12H2,1H3,(H,18,19)(H,20,23);1H. The molecule has 8 heteroatoms. The molecule has 7 nitrogen and oxygen atoms in total. The average molecular weight is 446 g/mol. The third-order valence-corrected chi connectivity index (χ3v) is 4.67. The fraction of sp³-hybridized carbons (Fsp3) is 0.688. The van der Waals surface area contributed by atoms with Gasteiger partial charge in [-0.1, -0.05) is 0 Å². The Hall–Kier alpha value is -1.32. The lowest BCUT2D eigenvalue weighted by Gasteiger charge is -2.40. The van der Waals surface area contributed by atoms with Crippen LogP contribution < -0.4 is 10.6 Å². The Morgan fingerprint density at radius 3 is 3.08 bits per heavy atom. The van der Waals surface area contributed by atoms with E-state index in [9.17, 15) is 4.79 Å². The Morgan fingerprint density at radius 2 is 2.42 bits per heavy atom. The lowest BCUT2D eigenvalue weighted by atomic mass is 9.79. The van der Waals surface area contributed by atoms with Crippen LogP contribution in [0.25, 0.3) is 0 Å². The number of carbonyl (C=O) groups is 1. The topological polar surface area (TPSA) is 74.6 Å². The average Bonchev–Trinajstić information content (AvgIpc) is 3.17. The molecule has 1 spiro atoms. The van der Waals surface area contributed by atoms with E-state index in [0.29, 0.717) is 6.42 Å². The predicted octanol–water partition coefficient (Wildman–Crippen LogP) is 1.07. The number of piperidine rings is 1. The number of rotatable bonds is 4. The number of nitrogens with one attached hydrogen (secondary N) is 2. The molecule has 2 saturated heterocycles. The maximum Gasteiger partial charge on any atom is 0.220 e. The van der Waals surface area contributed by atoms with Gasteiger partial charge in [-0.3, -0.25) is 9.79 Å². The van der Waals surface area contributed by atoms with Crippen LogP contribution in [0, 0.1) is 5.41 Å². The van der Waals surface area contributed by atoms with E-state index in [1.54, 1.807) is 6.20 Å². The fourth-order valence-corrected chi connectivity index (χ4v) is 3.55. The molecule has 0 saturated carbocycles. The van der Waals surface area contributed by atoms with E-state index in [1.165, 1.54) is 0 Å². The second kappa shape index (κ2) is 8.68. The van der Waals surface area contributed by atoms with E-state index in [-0.39, 0.29) is 35.3 Å². The normalized spacial score (nSPS) is 24.0. The molecule has 3 rings (SSSR count). The summed E-state index contributed by atoms with van der Waals surface area (Å²) in [6.45, 7) is 7.20. The van der Waals surface area contributed by atoms with Gasteiger partial charge in [0.05, 0.1) is 12.9 Å². The van der Waals surface area contributed by atoms with Crippen molar-refractivity contribution in [2.24, 2.45) is 10.4 Å². The minimum Gasteiger partial charge on any atom is -0.357 e. The smallest absolute Gasteiger partial charge is 0.220 e. The Morgan fingerprint density at radius 1 is 1.54 bits per heavy atom. The molecule has 1 aromatic heterocycles. The summed E-state index contributed by atoms with van der Waals surface area (Å²) >= 11 is 0. The third-order valence-electron chi connectivity index (χ3n) is 4.67. The first kappa shape index (κ1) is 19.0. The Kier molecular flexibility index (Phi) is 6.88. The van der Waals surface area contributed by atoms with Crippen LogP contribution in [0.5, 0.6) is 0 Å². The summed E-state index contributed by atoms with van der Waals surface area (Å²) in [4.78, 5) is 22.8. The second-order valence-electron chi connectivity index (χ2n) is 6.51. The Balaban J connectivity index is 0.00000208. The van der Waals surface area contributed by atoms with Gasteiger partial charge in [-0.05, 0) is 19.8 Å². The third kappa shape index (κ3) is 4.61. The molecule has 1 amide bonds. The highest BCUT2D eigenvalue weighted by Gasteiger charge is 2.42. The molecule has 0 radical (unpaired) electrons. The highest BCUT2D eigenvalue weighted by Crippen LogP contribution is 2.35. The van der Waals surface area contributed by atoms with Gasteiger partial charge < -0.3 is 20.1 Å². The zero-order valence-corrected chi connectivity index (χ0v) is 16.5. The lowest BCUT2D eigenvalue weighted by molar-refractivity contribution is -0.119. The molecule has 1 unspecified atom stereocenters. The summed E-state index contributed by atoms with van der Waals surface area (Å²) in [5, 5.41) is 6.39. The number of nitrogens with zero attached hydrogens (tertiary/aromatic N) is 4. The summed E-state index contributed by atoms with van der Waals surface area (Å²) in [6.07, 6.45) is 8.44. The Bertz CT molecular complexity index is 561. The zero-order chi connectivity index (χ0) is 16.1. The van der Waals surface area contributed by atoms with Crippen LogP contribution in [-0.2, 0) is 11.3 Å². The molecule has 0 bridgehead atoms. The molecule has 1 aromatic rings. The molecule has 0 aromatic carbocycles. The van der Waals surface area contributed by atoms with Gasteiger partial charge in [0, 0.05) is 57.0 Å². The van der Waals surface area contributed by atoms with Crippen molar-refractivity contribution in [3.8, 4) is 0 Å². The Labute approximate surface area is 160 Å². The van der Waals surface area contributed by atoms with Crippen molar-refractivity contribution in [1.82, 2.24) is 25.1 Å². The van der Waals surface area contributed by atoms with Gasteiger partial charge in [0.25, 0.3) is 0 Å². The molecule has 1 atom stereocenters. The quantitative estimate of drug-likeness (QED) is 0.412. The van der Waals surface area contributed by atoms with Crippen molar-refractivity contribution in [3.05, 3.63) is 18.7 Å². The maximum atomic E-state index is 11.6. The van der Waals surface area contributed by atoms with Crippen LogP contribution in [0.2, 0.25) is 0 Å². The van der Waals surface area contributed by atoms with E-state index in [4.69, 9.17) is 4.99 Å². The number of carbonyl (C=O) groups excluding carboxylic acids is 1. The summed E-state index contributed by atoms with van der Waals surface area (Å²) in [5.41, 5.74) is 0.0931. The first-order valence-electron chi connectivity index (χ1n) is 8.46. The van der Waals surface area contributed by atoms with Gasteiger partial charge in [-0.2, -0.15) is 0 Å². The molecule has 3 heterocycles. The fourth-order valence-electron chi connectivity index (χ4n) is 3.55. The molecule has 2 aliphatic heterocycles. The lowest BCUT2D eigenvalue weighted by Crippen LogP contribution is -2.51. The number of hydrogen-bond acceptors (Lipinski definition) is 3. The van der Waals surface area contributed by atoms with Gasteiger partial charge in [0.1, 0.15) is 0 Å². The number of likely N-dealkylation sites (tertiary alicyclic amines) is 1. The largest absolute Gasteiger partial charge is 0.357 e. The second-order valence-corrected chi connectivity index (χ2v) is 6.51. The highest BCUT2D eigenvalue weighted by atomic mass is 127. The van der Waals surface area contributed by atoms with Crippen molar-refractivity contribution in [2.75, 3.05) is 32.7 Å². The molecule has 24 heavy (non-hydrogen) atoms. The zero-order valence-electron chi connectivity index (χ0n) is 14.2. The minimum absolute atomic E-state index is 0. The van der Waals surface area contributed by atoms with E-state index in [2.05, 4.69) is 27.4 Å². The van der Waals surface area contributed by atoms with Crippen LogP contribution in [0.15, 0.2) is 23.7 Å². The van der Waals surface area contributed by atoms with Gasteiger partial charge in [-0.15, -0.1) is 24.0 Å². The van der Waals surface area contributed by atoms with Crippen LogP contribution in [0.4, 0.5) is 0 Å². The van der Waals surface area contributed by atoms with Gasteiger partial charge in [0.2, 0.25) is 5.91 Å². The predicted molar refractivity (Wildman–Crippen MR) is 104 cm³/mol. The van der Waals surface area contributed by atoms with E-state index in [0.717, 1.165) is 58.1 Å². The first-order valence-corrected chi connectivity index (χ1v) is 8.46. The van der Waals surface area contributed by atoms with Crippen molar-refractivity contribution < 1.29 is 4.79 Å². The van der Waals surface area contributed by atoms with Gasteiger partial charge >= 0.3 is 0 Å². The molecule has 0 aliphatic carbocycles. The molecule has 2 aliphatic rings. The van der Waals surface area contributed by atoms with E-state index in [1.807, 2.05) is 17.1 Å². The molecular formula is C16H27IN6O. The summed E-state index contributed by atoms with van der Waals surface area (Å²) in [5.74, 6) is 1.15. The summed E-state index contributed by atoms with van der Waals surface area (Å²) < 4.78 is 2.03. The summed E-state index contributed by atoms with van der Waals surface area (Å²) in [7, 11) is 0. The monoisotopic (exact) mass is 446 g/mol. The van der Waals surface area contributed by atoms with Crippen LogP contribution in [-0.4, -0.2) is 59.0 Å². The molecule has 2 N–H and O–H groups in total. The van der Waals surface area contributed by atoms with Gasteiger partial charge in [0.15, 0.2) is 5.96 Å². The molecular weight excluding hydrogens is 419 g/mol. The highest BCUT2D eigenvalue weighted by molar-refractivity contribution is 14.0. The van der Waals surface area contributed by atoms with Crippen LogP contribution in [0.1, 0.15) is 26.2 Å². The van der Waals surface area contributed by atoms with Crippen molar-refractivity contribution in [2.45, 2.75) is 32.7 Å². The number of aromatic nitrogens is 2. The first-order chi connectivity index (χ1) is 11.2. The summed E-state index contributed by atoms with van der Waals surface area (Å²) in [6, 6.07) is 0. The van der Waals surface area contributed by atoms with Crippen LogP contribution in [0.3, 0.4) is 0 Å². The number of amides is 1. The number of hydrogen-bond donors (Lipinski definition) is 2. The van der Waals surface area contributed by atoms with Crippen molar-refractivity contribution in [1.29, 1.82) is 0 Å². The van der Waals surface area contributed by atoms with Crippen molar-refractivity contribution >= 4 is 35.8 Å². The number of halogens is 1. The molecule has 2 fully saturated rings. The van der Waals surface area contributed by atoms with Gasteiger partial charge in [-0.25, -0.2) is 4.98 Å². The number of aliphatic imine (C=N–C) groups is 1. The minimum atomic E-state index is 0. The molecule has 134 valence electrons. The maximum absolute atomic E-state index is 11.6. The number of imidazole rings is 1. The van der Waals surface area contributed by atoms with Crippen molar-refractivity contribution in [3.63, 3.8) is 0 Å².